The minimum atomic E-state index is -4.32. The topological polar surface area (TPSA) is 145 Å². The Hall–Kier alpha value is -0.974. The van der Waals surface area contributed by atoms with Gasteiger partial charge in [0.15, 0.2) is 0 Å². The zero-order chi connectivity index (χ0) is 31.8. The van der Waals surface area contributed by atoms with Gasteiger partial charge < -0.3 is 33.6 Å². The number of carbonyl (C=O) groups excluding carboxylic acids is 3. The fourth-order valence-electron chi connectivity index (χ4n) is 3.58. The number of phosphoric ester groups is 1. The van der Waals surface area contributed by atoms with E-state index < -0.39 is 26.5 Å². The molecule has 10 nitrogen and oxygen atoms in total. The second-order valence-electron chi connectivity index (χ2n) is 9.83. The van der Waals surface area contributed by atoms with Gasteiger partial charge in [-0.2, -0.15) is 6.42 Å². The summed E-state index contributed by atoms with van der Waals surface area (Å²) in [4.78, 5) is 41.9. The van der Waals surface area contributed by atoms with Crippen molar-refractivity contribution in [1.82, 2.24) is 5.32 Å². The van der Waals surface area contributed by atoms with Gasteiger partial charge in [0, 0.05) is 32.4 Å². The van der Waals surface area contributed by atoms with Gasteiger partial charge in [0.1, 0.15) is 5.78 Å². The number of Topliss-reactive ketones (excluding diaryl/α,β-unsaturated/α-hetero) is 1. The van der Waals surface area contributed by atoms with E-state index in [2.05, 4.69) is 55.5 Å². The average molecular weight is 653 g/mol. The molecule has 247 valence electrons. The Labute approximate surface area is 257 Å². The number of hydrogen-bond acceptors (Lipinski definition) is 8. The molecule has 0 aliphatic heterocycles. The number of rotatable bonds is 25. The van der Waals surface area contributed by atoms with Crippen LogP contribution in [0.25, 0.3) is 0 Å². The summed E-state index contributed by atoms with van der Waals surface area (Å²) in [6, 6.07) is 0. The molecule has 0 saturated carbocycles. The van der Waals surface area contributed by atoms with Gasteiger partial charge in [0.2, 0.25) is 5.91 Å². The van der Waals surface area contributed by atoms with Gasteiger partial charge in [0.25, 0.3) is 5.97 Å². The molecule has 0 aliphatic rings. The molecule has 0 bridgehead atoms. The number of ether oxygens (including phenoxy) is 1. The Morgan fingerprint density at radius 2 is 1.29 bits per heavy atom. The first-order chi connectivity index (χ1) is 19.5. The molecule has 2 unspecified atom stereocenters. The quantitative estimate of drug-likeness (QED) is 0.0463. The van der Waals surface area contributed by atoms with E-state index in [9.17, 15) is 23.8 Å². The van der Waals surface area contributed by atoms with Crippen LogP contribution in [-0.2, 0) is 52.3 Å². The predicted molar refractivity (Wildman–Crippen MR) is 157 cm³/mol. The fraction of sp³-hybridized carbons (Fsp3) is 0.828. The number of esters is 1. The Balaban J connectivity index is -0.000000683. The molecule has 1 amide bonds. The zero-order valence-corrected chi connectivity index (χ0v) is 27.6. The average Bonchev–Trinajstić information content (AvgIpc) is 2.92. The molecular formula is C29H56CoNO9P-2. The van der Waals surface area contributed by atoms with Gasteiger partial charge in [-0.3, -0.25) is 18.6 Å². The predicted octanol–water partition coefficient (Wildman–Crippen LogP) is 6.94. The standard InChI is InChI=1S/C17H35.C12H21NO8P.Co.O/c1-3-5-7-9-11-13-15-17-16-14-12-10-8-6-4-2;1-9(14)4-5-12(16)13-6-7-19-22(17,18)20-8-10(2)21-11(3)15;;/h1,3-17H2,2H3;10H,2,4-8H2,1,3H3,(H,13,16)(H,17,18);;/q2*-1;;. The van der Waals surface area contributed by atoms with E-state index in [-0.39, 0.29) is 37.7 Å². The molecule has 2 atom stereocenters. The van der Waals surface area contributed by atoms with Gasteiger partial charge in [-0.05, 0) is 6.92 Å². The number of nitrogens with one attached hydrogen (secondary N) is 1. The summed E-state index contributed by atoms with van der Waals surface area (Å²) in [5.74, 6) is -1.05. The Morgan fingerprint density at radius 3 is 1.71 bits per heavy atom. The molecule has 41 heavy (non-hydrogen) atoms. The number of hydrogen-bond donors (Lipinski definition) is 2. The van der Waals surface area contributed by atoms with Crippen LogP contribution in [0.1, 0.15) is 130 Å². The number of amides is 1. The van der Waals surface area contributed by atoms with Crippen molar-refractivity contribution >= 4 is 25.5 Å². The molecular weight excluding hydrogens is 596 g/mol. The number of carbonyl (C=O) groups is 3. The van der Waals surface area contributed by atoms with Crippen LogP contribution in [-0.4, -0.2) is 48.4 Å². The summed E-state index contributed by atoms with van der Waals surface area (Å²) in [6.45, 7) is 11.4. The monoisotopic (exact) mass is 652 g/mol. The molecule has 12 heteroatoms. The van der Waals surface area contributed by atoms with E-state index >= 15 is 0 Å². The summed E-state index contributed by atoms with van der Waals surface area (Å²) in [5, 5.41) is 2.42. The third-order valence-electron chi connectivity index (χ3n) is 5.74. The van der Waals surface area contributed by atoms with Crippen LogP contribution in [0.2, 0.25) is 0 Å². The van der Waals surface area contributed by atoms with Crippen molar-refractivity contribution in [1.29, 1.82) is 0 Å². The van der Waals surface area contributed by atoms with Crippen LogP contribution in [0.3, 0.4) is 0 Å². The summed E-state index contributed by atoms with van der Waals surface area (Å²) in [6.07, 6.45) is 20.6. The molecule has 0 aromatic heterocycles. The molecule has 0 saturated heterocycles. The first-order valence-corrected chi connectivity index (χ1v) is 16.8. The second kappa shape index (κ2) is 33.5. The molecule has 2 N–H and O–H groups in total. The van der Waals surface area contributed by atoms with E-state index in [1.807, 2.05) is 0 Å². The zero-order valence-electron chi connectivity index (χ0n) is 25.6. The fourth-order valence-corrected chi connectivity index (χ4v) is 4.34. The van der Waals surface area contributed by atoms with Crippen molar-refractivity contribution in [3.8, 4) is 0 Å². The SMILES string of the molecule is [CH2-]C(COP(=O)(O)OCCNC(=O)CCC(C)=O)OC(C)=O.[CH2-]CCCCCCCCCCCCCCCC.[O]=[Co]. The van der Waals surface area contributed by atoms with Crippen molar-refractivity contribution in [3.63, 3.8) is 0 Å². The number of phosphoric acid groups is 1. The van der Waals surface area contributed by atoms with Crippen molar-refractivity contribution < 1.29 is 57.2 Å². The van der Waals surface area contributed by atoms with Crippen LogP contribution in [0.15, 0.2) is 0 Å². The molecule has 0 aliphatic carbocycles. The second-order valence-corrected chi connectivity index (χ2v) is 11.3. The van der Waals surface area contributed by atoms with Gasteiger partial charge in [-0.1, -0.05) is 96.8 Å². The molecule has 0 heterocycles. The van der Waals surface area contributed by atoms with Gasteiger partial charge >= 0.3 is 27.4 Å². The molecule has 0 aromatic rings. The first-order valence-electron chi connectivity index (χ1n) is 14.8. The van der Waals surface area contributed by atoms with E-state index in [1.165, 1.54) is 104 Å². The Bertz CT molecular complexity index is 669. The third kappa shape index (κ3) is 41.2. The molecule has 0 spiro atoms. The number of unbranched alkanes of at least 4 members (excludes halogenated alkanes) is 14. The maximum absolute atomic E-state index is 11.4. The van der Waals surface area contributed by atoms with Crippen LogP contribution in [0, 0.1) is 13.8 Å². The van der Waals surface area contributed by atoms with E-state index in [0.29, 0.717) is 0 Å². The van der Waals surface area contributed by atoms with Crippen LogP contribution < -0.4 is 5.32 Å². The van der Waals surface area contributed by atoms with Crippen LogP contribution in [0.5, 0.6) is 0 Å². The maximum atomic E-state index is 11.4. The van der Waals surface area contributed by atoms with Gasteiger partial charge in [-0.25, -0.2) is 4.57 Å². The normalized spacial score (nSPS) is 12.6. The van der Waals surface area contributed by atoms with Crippen molar-refractivity contribution in [2.45, 2.75) is 136 Å². The summed E-state index contributed by atoms with van der Waals surface area (Å²) in [5.41, 5.74) is 0. The Morgan fingerprint density at radius 1 is 0.829 bits per heavy atom. The number of ketones is 1. The van der Waals surface area contributed by atoms with Crippen LogP contribution in [0.4, 0.5) is 0 Å². The molecule has 0 fully saturated rings. The van der Waals surface area contributed by atoms with Crippen LogP contribution >= 0.6 is 7.82 Å². The molecule has 0 radical (unpaired) electrons. The molecule has 0 aromatic carbocycles. The minimum absolute atomic E-state index is 0.0115. The Kier molecular flexibility index (Phi) is 36.4. The van der Waals surface area contributed by atoms with Gasteiger partial charge in [0.05, 0.1) is 13.2 Å². The summed E-state index contributed by atoms with van der Waals surface area (Å²) >= 11 is 2.31. The van der Waals surface area contributed by atoms with Crippen molar-refractivity contribution in [2.24, 2.45) is 0 Å². The van der Waals surface area contributed by atoms with E-state index in [1.54, 1.807) is 0 Å². The van der Waals surface area contributed by atoms with Crippen molar-refractivity contribution in [3.05, 3.63) is 13.8 Å². The first kappa shape index (κ1) is 44.5. The van der Waals surface area contributed by atoms with Crippen molar-refractivity contribution in [2.75, 3.05) is 19.8 Å². The summed E-state index contributed by atoms with van der Waals surface area (Å²) in [7, 11) is -4.32. The third-order valence-corrected chi connectivity index (χ3v) is 6.73. The van der Waals surface area contributed by atoms with Gasteiger partial charge in [-0.15, -0.1) is 0 Å². The van der Waals surface area contributed by atoms with E-state index in [4.69, 9.17) is 3.87 Å². The molecule has 0 rings (SSSR count). The van der Waals surface area contributed by atoms with E-state index in [0.717, 1.165) is 6.42 Å². The summed E-state index contributed by atoms with van der Waals surface area (Å²) < 4.78 is 33.2.